The zero-order valence-electron chi connectivity index (χ0n) is 13.9. The average molecular weight is 346 g/mol. The third kappa shape index (κ3) is 3.57. The molecule has 1 aliphatic carbocycles. The van der Waals surface area contributed by atoms with E-state index in [2.05, 4.69) is 46.8 Å². The van der Waals surface area contributed by atoms with Crippen LogP contribution in [-0.4, -0.2) is 34.5 Å². The van der Waals surface area contributed by atoms with Crippen LogP contribution in [0.5, 0.6) is 0 Å². The molecule has 0 radical (unpaired) electrons. The molecule has 1 saturated carbocycles. The Bertz CT molecular complexity index is 710. The van der Waals surface area contributed by atoms with E-state index in [4.69, 9.17) is 0 Å². The summed E-state index contributed by atoms with van der Waals surface area (Å²) in [6.07, 6.45) is 1.91. The first kappa shape index (κ1) is 16.9. The summed E-state index contributed by atoms with van der Waals surface area (Å²) < 4.78 is 0. The lowest BCUT2D eigenvalue weighted by atomic mass is 9.85. The van der Waals surface area contributed by atoms with Crippen molar-refractivity contribution in [2.24, 2.45) is 5.41 Å². The molecule has 128 valence electrons. The molecule has 2 amide bonds. The highest BCUT2D eigenvalue weighted by Crippen LogP contribution is 2.44. The van der Waals surface area contributed by atoms with Crippen molar-refractivity contribution < 1.29 is 9.90 Å². The molecule has 3 N–H and O–H groups in total. The van der Waals surface area contributed by atoms with E-state index in [0.717, 1.165) is 23.4 Å². The van der Waals surface area contributed by atoms with Crippen LogP contribution in [0.3, 0.4) is 0 Å². The SMILES string of the molecule is CC(C)(c1ccccc1)c1nnc(NC(=O)NCC2(CO)CC2)s1. The Morgan fingerprint density at radius 2 is 2.00 bits per heavy atom. The monoisotopic (exact) mass is 346 g/mol. The summed E-state index contributed by atoms with van der Waals surface area (Å²) >= 11 is 1.37. The number of carbonyl (C=O) groups excluding carboxylic acids is 1. The van der Waals surface area contributed by atoms with Crippen LogP contribution in [-0.2, 0) is 5.41 Å². The fourth-order valence-electron chi connectivity index (χ4n) is 2.48. The van der Waals surface area contributed by atoms with Gasteiger partial charge >= 0.3 is 6.03 Å². The summed E-state index contributed by atoms with van der Waals surface area (Å²) in [6, 6.07) is 9.79. The molecule has 24 heavy (non-hydrogen) atoms. The molecule has 0 unspecified atom stereocenters. The normalized spacial score (nSPS) is 15.8. The molecule has 6 nitrogen and oxygen atoms in total. The first-order valence-corrected chi connectivity index (χ1v) is 8.82. The predicted octanol–water partition coefficient (Wildman–Crippen LogP) is 2.76. The van der Waals surface area contributed by atoms with Crippen LogP contribution in [0.2, 0.25) is 0 Å². The molecule has 0 bridgehead atoms. The van der Waals surface area contributed by atoms with E-state index in [1.807, 2.05) is 18.2 Å². The zero-order chi connectivity index (χ0) is 17.2. The molecule has 1 fully saturated rings. The van der Waals surface area contributed by atoms with Crippen molar-refractivity contribution in [1.82, 2.24) is 15.5 Å². The van der Waals surface area contributed by atoms with Gasteiger partial charge < -0.3 is 10.4 Å². The molecule has 1 aromatic heterocycles. The van der Waals surface area contributed by atoms with Crippen LogP contribution in [0.15, 0.2) is 30.3 Å². The second-order valence-corrected chi connectivity index (χ2v) is 7.85. The molecule has 1 aromatic carbocycles. The summed E-state index contributed by atoms with van der Waals surface area (Å²) in [5, 5.41) is 24.4. The second-order valence-electron chi connectivity index (χ2n) is 6.87. The van der Waals surface area contributed by atoms with Crippen molar-refractivity contribution in [2.45, 2.75) is 32.1 Å². The lowest BCUT2D eigenvalue weighted by molar-refractivity contribution is 0.206. The Hall–Kier alpha value is -1.99. The molecule has 0 atom stereocenters. The Balaban J connectivity index is 1.62. The van der Waals surface area contributed by atoms with Gasteiger partial charge in [0.05, 0.1) is 6.61 Å². The second kappa shape index (κ2) is 6.49. The molecule has 1 heterocycles. The van der Waals surface area contributed by atoms with Crippen molar-refractivity contribution >= 4 is 22.5 Å². The van der Waals surface area contributed by atoms with E-state index in [1.54, 1.807) is 0 Å². The van der Waals surface area contributed by atoms with Gasteiger partial charge in [-0.1, -0.05) is 41.7 Å². The number of aliphatic hydroxyl groups is 1. The molecule has 7 heteroatoms. The van der Waals surface area contributed by atoms with Crippen molar-refractivity contribution in [3.8, 4) is 0 Å². The van der Waals surface area contributed by atoms with E-state index in [-0.39, 0.29) is 23.5 Å². The van der Waals surface area contributed by atoms with E-state index >= 15 is 0 Å². The number of carbonyl (C=O) groups is 1. The van der Waals surface area contributed by atoms with Crippen LogP contribution in [0.1, 0.15) is 37.3 Å². The highest BCUT2D eigenvalue weighted by Gasteiger charge is 2.42. The number of nitrogens with zero attached hydrogens (tertiary/aromatic N) is 2. The van der Waals surface area contributed by atoms with Gasteiger partial charge in [-0.2, -0.15) is 0 Å². The minimum Gasteiger partial charge on any atom is -0.396 e. The number of hydrogen-bond donors (Lipinski definition) is 3. The van der Waals surface area contributed by atoms with Crippen LogP contribution >= 0.6 is 11.3 Å². The van der Waals surface area contributed by atoms with Crippen LogP contribution < -0.4 is 10.6 Å². The van der Waals surface area contributed by atoms with Gasteiger partial charge in [0.1, 0.15) is 5.01 Å². The third-order valence-corrected chi connectivity index (χ3v) is 5.75. The third-order valence-electron chi connectivity index (χ3n) is 4.59. The maximum absolute atomic E-state index is 12.0. The van der Waals surface area contributed by atoms with Gasteiger partial charge in [0, 0.05) is 17.4 Å². The Labute approximate surface area is 145 Å². The van der Waals surface area contributed by atoms with Gasteiger partial charge in [0.2, 0.25) is 5.13 Å². The highest BCUT2D eigenvalue weighted by atomic mass is 32.1. The number of rotatable bonds is 6. The standard InChI is InChI=1S/C17H22N4O2S/c1-16(2,12-6-4-3-5-7-12)13-20-21-15(24-13)19-14(23)18-10-17(11-22)8-9-17/h3-7,22H,8-11H2,1-2H3,(H2,18,19,21,23). The summed E-state index contributed by atoms with van der Waals surface area (Å²) in [4.78, 5) is 12.0. The fourth-order valence-corrected chi connectivity index (χ4v) is 3.34. The fraction of sp³-hybridized carbons (Fsp3) is 0.471. The van der Waals surface area contributed by atoms with Crippen molar-refractivity contribution in [3.63, 3.8) is 0 Å². The van der Waals surface area contributed by atoms with Gasteiger partial charge in [-0.25, -0.2) is 4.79 Å². The van der Waals surface area contributed by atoms with Crippen molar-refractivity contribution in [1.29, 1.82) is 0 Å². The predicted molar refractivity (Wildman–Crippen MR) is 94.3 cm³/mol. The summed E-state index contributed by atoms with van der Waals surface area (Å²) in [6.45, 7) is 4.77. The van der Waals surface area contributed by atoms with Crippen LogP contribution in [0.25, 0.3) is 0 Å². The van der Waals surface area contributed by atoms with Crippen LogP contribution in [0.4, 0.5) is 9.93 Å². The molecule has 1 aliphatic rings. The van der Waals surface area contributed by atoms with Gasteiger partial charge in [-0.3, -0.25) is 5.32 Å². The largest absolute Gasteiger partial charge is 0.396 e. The number of anilines is 1. The average Bonchev–Trinajstić information content (AvgIpc) is 3.23. The molecule has 3 rings (SSSR count). The zero-order valence-corrected chi connectivity index (χ0v) is 14.7. The molecule has 0 saturated heterocycles. The number of hydrogen-bond acceptors (Lipinski definition) is 5. The van der Waals surface area contributed by atoms with E-state index in [1.165, 1.54) is 11.3 Å². The maximum atomic E-state index is 12.0. The van der Waals surface area contributed by atoms with Gasteiger partial charge in [0.15, 0.2) is 0 Å². The molecular weight excluding hydrogens is 324 g/mol. The number of urea groups is 1. The Morgan fingerprint density at radius 1 is 1.29 bits per heavy atom. The molecule has 0 aliphatic heterocycles. The molecule has 2 aromatic rings. The van der Waals surface area contributed by atoms with Crippen molar-refractivity contribution in [3.05, 3.63) is 40.9 Å². The highest BCUT2D eigenvalue weighted by molar-refractivity contribution is 7.15. The summed E-state index contributed by atoms with van der Waals surface area (Å²) in [5.74, 6) is 0. The van der Waals surface area contributed by atoms with E-state index in [0.29, 0.717) is 11.7 Å². The van der Waals surface area contributed by atoms with Crippen LogP contribution in [0, 0.1) is 5.41 Å². The summed E-state index contributed by atoms with van der Waals surface area (Å²) in [5.41, 5.74) is 0.763. The Kier molecular flexibility index (Phi) is 4.56. The quantitative estimate of drug-likeness (QED) is 0.750. The number of aliphatic hydroxyl groups excluding tert-OH is 1. The molecular formula is C17H22N4O2S. The minimum absolute atomic E-state index is 0.112. The van der Waals surface area contributed by atoms with Crippen molar-refractivity contribution in [2.75, 3.05) is 18.5 Å². The smallest absolute Gasteiger partial charge is 0.321 e. The van der Waals surface area contributed by atoms with Gasteiger partial charge in [-0.05, 0) is 32.3 Å². The number of nitrogens with one attached hydrogen (secondary N) is 2. The number of amides is 2. The van der Waals surface area contributed by atoms with E-state index in [9.17, 15) is 9.90 Å². The first-order valence-electron chi connectivity index (χ1n) is 8.00. The number of benzene rings is 1. The summed E-state index contributed by atoms with van der Waals surface area (Å²) in [7, 11) is 0. The van der Waals surface area contributed by atoms with Gasteiger partial charge in [-0.15, -0.1) is 10.2 Å². The van der Waals surface area contributed by atoms with Gasteiger partial charge in [0.25, 0.3) is 0 Å². The first-order chi connectivity index (χ1) is 11.5. The number of aromatic nitrogens is 2. The van der Waals surface area contributed by atoms with E-state index < -0.39 is 0 Å². The maximum Gasteiger partial charge on any atom is 0.321 e. The topological polar surface area (TPSA) is 87.1 Å². The lowest BCUT2D eigenvalue weighted by Gasteiger charge is -2.21. The Morgan fingerprint density at radius 3 is 2.62 bits per heavy atom. The lowest BCUT2D eigenvalue weighted by Crippen LogP contribution is -2.35. The minimum atomic E-state index is -0.310. The molecule has 0 spiro atoms.